The topological polar surface area (TPSA) is 15.8 Å². The lowest BCUT2D eigenvalue weighted by molar-refractivity contribution is 1.55. The Bertz CT molecular complexity index is 940. The maximum Gasteiger partial charge on any atom is 0.0480 e. The van der Waals surface area contributed by atoms with Crippen molar-refractivity contribution in [1.29, 1.82) is 0 Å². The van der Waals surface area contributed by atoms with Crippen LogP contribution in [0.2, 0.25) is 5.02 Å². The van der Waals surface area contributed by atoms with Crippen LogP contribution in [0.25, 0.3) is 32.6 Å². The number of hydrogen-bond acceptors (Lipinski definition) is 0. The van der Waals surface area contributed by atoms with Gasteiger partial charge in [-0.15, -0.1) is 0 Å². The molecule has 0 saturated carbocycles. The molecular formula is C16H9BrClN. The van der Waals surface area contributed by atoms with Gasteiger partial charge < -0.3 is 4.98 Å². The molecule has 1 heterocycles. The number of aromatic amines is 1. The van der Waals surface area contributed by atoms with Gasteiger partial charge in [0.2, 0.25) is 0 Å². The van der Waals surface area contributed by atoms with Gasteiger partial charge in [-0.2, -0.15) is 0 Å². The summed E-state index contributed by atoms with van der Waals surface area (Å²) in [6.45, 7) is 0. The zero-order chi connectivity index (χ0) is 13.0. The number of halogens is 2. The molecule has 0 aliphatic heterocycles. The second-order valence-corrected chi connectivity index (χ2v) is 5.93. The molecule has 3 heteroatoms. The van der Waals surface area contributed by atoms with Crippen molar-refractivity contribution in [3.8, 4) is 0 Å². The standard InChI is InChI=1S/C16H9BrClN/c17-12-3-1-2-9-4-7-13-16(15(9)12)11-6-5-10(18)8-14(11)19-13/h1-8,19H. The fourth-order valence-corrected chi connectivity index (χ4v) is 3.45. The number of aromatic nitrogens is 1. The lowest BCUT2D eigenvalue weighted by Gasteiger charge is -2.03. The molecule has 1 nitrogen and oxygen atoms in total. The van der Waals surface area contributed by atoms with E-state index in [0.717, 1.165) is 20.5 Å². The Labute approximate surface area is 123 Å². The quantitative estimate of drug-likeness (QED) is 0.414. The van der Waals surface area contributed by atoms with Crippen LogP contribution in [0.1, 0.15) is 0 Å². The highest BCUT2D eigenvalue weighted by atomic mass is 79.9. The first-order valence-electron chi connectivity index (χ1n) is 6.02. The number of nitrogens with one attached hydrogen (secondary N) is 1. The highest BCUT2D eigenvalue weighted by Crippen LogP contribution is 2.36. The predicted molar refractivity (Wildman–Crippen MR) is 86.0 cm³/mol. The minimum Gasteiger partial charge on any atom is -0.354 e. The summed E-state index contributed by atoms with van der Waals surface area (Å²) in [5, 5.41) is 5.68. The van der Waals surface area contributed by atoms with Crippen molar-refractivity contribution in [2.45, 2.75) is 0 Å². The number of hydrogen-bond donors (Lipinski definition) is 1. The largest absolute Gasteiger partial charge is 0.354 e. The molecular weight excluding hydrogens is 322 g/mol. The van der Waals surface area contributed by atoms with E-state index < -0.39 is 0 Å². The molecule has 4 rings (SSSR count). The van der Waals surface area contributed by atoms with Crippen LogP contribution < -0.4 is 0 Å². The molecule has 92 valence electrons. The summed E-state index contributed by atoms with van der Waals surface area (Å²) in [5.74, 6) is 0. The number of benzene rings is 3. The fraction of sp³-hybridized carbons (Fsp3) is 0. The Hall–Kier alpha value is -1.51. The van der Waals surface area contributed by atoms with Gasteiger partial charge in [-0.25, -0.2) is 0 Å². The van der Waals surface area contributed by atoms with E-state index in [1.807, 2.05) is 12.1 Å². The van der Waals surface area contributed by atoms with Crippen LogP contribution >= 0.6 is 27.5 Å². The van der Waals surface area contributed by atoms with Crippen LogP contribution in [0.3, 0.4) is 0 Å². The summed E-state index contributed by atoms with van der Waals surface area (Å²) < 4.78 is 1.12. The summed E-state index contributed by atoms with van der Waals surface area (Å²) >= 11 is 9.73. The van der Waals surface area contributed by atoms with Gasteiger partial charge >= 0.3 is 0 Å². The summed E-state index contributed by atoms with van der Waals surface area (Å²) in [6.07, 6.45) is 0. The van der Waals surface area contributed by atoms with Crippen molar-refractivity contribution in [2.75, 3.05) is 0 Å². The summed E-state index contributed by atoms with van der Waals surface area (Å²) in [4.78, 5) is 3.43. The third-order valence-corrected chi connectivity index (χ3v) is 4.41. The Kier molecular flexibility index (Phi) is 2.38. The van der Waals surface area contributed by atoms with Crippen molar-refractivity contribution in [3.05, 3.63) is 58.0 Å². The van der Waals surface area contributed by atoms with Gasteiger partial charge in [0.25, 0.3) is 0 Å². The SMILES string of the molecule is Clc1ccc2c(c1)[nH]c1ccc3cccc(Br)c3c12. The fourth-order valence-electron chi connectivity index (χ4n) is 2.70. The van der Waals surface area contributed by atoms with Crippen molar-refractivity contribution in [1.82, 2.24) is 4.98 Å². The van der Waals surface area contributed by atoms with E-state index in [0.29, 0.717) is 0 Å². The third kappa shape index (κ3) is 1.60. The van der Waals surface area contributed by atoms with E-state index >= 15 is 0 Å². The van der Waals surface area contributed by atoms with Crippen molar-refractivity contribution in [2.24, 2.45) is 0 Å². The van der Waals surface area contributed by atoms with Crippen LogP contribution in [0.4, 0.5) is 0 Å². The molecule has 19 heavy (non-hydrogen) atoms. The number of H-pyrrole nitrogens is 1. The lowest BCUT2D eigenvalue weighted by Crippen LogP contribution is -1.76. The summed E-state index contributed by atoms with van der Waals surface area (Å²) in [7, 11) is 0. The van der Waals surface area contributed by atoms with Crippen LogP contribution in [0, 0.1) is 0 Å². The molecule has 0 radical (unpaired) electrons. The number of rotatable bonds is 0. The first-order chi connectivity index (χ1) is 9.24. The Balaban J connectivity index is 2.35. The third-order valence-electron chi connectivity index (χ3n) is 3.52. The molecule has 0 aliphatic rings. The molecule has 4 aromatic rings. The maximum atomic E-state index is 6.07. The van der Waals surface area contributed by atoms with Gasteiger partial charge in [0.1, 0.15) is 0 Å². The molecule has 0 unspecified atom stereocenters. The normalized spacial score (nSPS) is 11.7. The van der Waals surface area contributed by atoms with E-state index in [1.54, 1.807) is 0 Å². The van der Waals surface area contributed by atoms with Crippen molar-refractivity contribution >= 4 is 60.1 Å². The van der Waals surface area contributed by atoms with Crippen LogP contribution in [-0.4, -0.2) is 4.98 Å². The Morgan fingerprint density at radius 2 is 1.79 bits per heavy atom. The summed E-state index contributed by atoms with van der Waals surface area (Å²) in [6, 6.07) is 16.5. The van der Waals surface area contributed by atoms with E-state index in [-0.39, 0.29) is 0 Å². The minimum atomic E-state index is 0.752. The van der Waals surface area contributed by atoms with Gasteiger partial charge in [-0.1, -0.05) is 51.8 Å². The molecule has 0 saturated heterocycles. The monoisotopic (exact) mass is 329 g/mol. The van der Waals surface area contributed by atoms with Gasteiger partial charge in [0.15, 0.2) is 0 Å². The van der Waals surface area contributed by atoms with E-state index in [2.05, 4.69) is 57.3 Å². The van der Waals surface area contributed by atoms with E-state index in [9.17, 15) is 0 Å². The van der Waals surface area contributed by atoms with Crippen molar-refractivity contribution < 1.29 is 0 Å². The molecule has 0 amide bonds. The molecule has 0 atom stereocenters. The van der Waals surface area contributed by atoms with Gasteiger partial charge in [-0.05, 0) is 29.7 Å². The first-order valence-corrected chi connectivity index (χ1v) is 7.19. The smallest absolute Gasteiger partial charge is 0.0480 e. The molecule has 0 fully saturated rings. The van der Waals surface area contributed by atoms with E-state index in [1.165, 1.54) is 21.5 Å². The van der Waals surface area contributed by atoms with E-state index in [4.69, 9.17) is 11.6 Å². The minimum absolute atomic E-state index is 0.752. The van der Waals surface area contributed by atoms with Crippen LogP contribution in [-0.2, 0) is 0 Å². The molecule has 0 bridgehead atoms. The van der Waals surface area contributed by atoms with Gasteiger partial charge in [0.05, 0.1) is 0 Å². The van der Waals surface area contributed by atoms with Gasteiger partial charge in [-0.3, -0.25) is 0 Å². The molecule has 3 aromatic carbocycles. The second-order valence-electron chi connectivity index (χ2n) is 4.64. The molecule has 0 aliphatic carbocycles. The maximum absolute atomic E-state index is 6.07. The van der Waals surface area contributed by atoms with Crippen LogP contribution in [0.15, 0.2) is 53.0 Å². The average molecular weight is 331 g/mol. The average Bonchev–Trinajstić information content (AvgIpc) is 2.76. The zero-order valence-corrected chi connectivity index (χ0v) is 12.2. The zero-order valence-electron chi connectivity index (χ0n) is 9.87. The molecule has 1 aromatic heterocycles. The predicted octanol–water partition coefficient (Wildman–Crippen LogP) is 5.89. The number of fused-ring (bicyclic) bond motifs is 5. The molecule has 1 N–H and O–H groups in total. The lowest BCUT2D eigenvalue weighted by atomic mass is 10.0. The first kappa shape index (κ1) is 11.3. The Morgan fingerprint density at radius 1 is 0.895 bits per heavy atom. The highest BCUT2D eigenvalue weighted by Gasteiger charge is 2.10. The Morgan fingerprint density at radius 3 is 2.68 bits per heavy atom. The van der Waals surface area contributed by atoms with Gasteiger partial charge in [0, 0.05) is 36.7 Å². The van der Waals surface area contributed by atoms with Crippen molar-refractivity contribution in [3.63, 3.8) is 0 Å². The summed E-state index contributed by atoms with van der Waals surface area (Å²) in [5.41, 5.74) is 2.21. The molecule has 0 spiro atoms. The van der Waals surface area contributed by atoms with Crippen LogP contribution in [0.5, 0.6) is 0 Å². The highest BCUT2D eigenvalue weighted by molar-refractivity contribution is 9.10. The second kappa shape index (κ2) is 3.99.